The number of pyridine rings is 2. The van der Waals surface area contributed by atoms with Crippen LogP contribution in [0.25, 0.3) is 28.1 Å². The fraction of sp³-hybridized carbons (Fsp3) is 0.286. The Kier molecular flexibility index (Phi) is 4.63. The zero-order chi connectivity index (χ0) is 17.9. The average Bonchev–Trinajstić information content (AvgIpc) is 3.12. The minimum Gasteiger partial charge on any atom is -0.393 e. The largest absolute Gasteiger partial charge is 0.393 e. The lowest BCUT2D eigenvalue weighted by molar-refractivity contribution is 0.158. The Morgan fingerprint density at radius 2 is 1.96 bits per heavy atom. The molecule has 0 aliphatic heterocycles. The highest BCUT2D eigenvalue weighted by molar-refractivity contribution is 5.84. The number of aliphatic hydroxyl groups excluding tert-OH is 1. The summed E-state index contributed by atoms with van der Waals surface area (Å²) < 4.78 is 1.95. The molecule has 0 aliphatic carbocycles. The summed E-state index contributed by atoms with van der Waals surface area (Å²) >= 11 is 0. The zero-order valence-electron chi connectivity index (χ0n) is 14.8. The van der Waals surface area contributed by atoms with Gasteiger partial charge in [-0.05, 0) is 49.4 Å². The summed E-state index contributed by atoms with van der Waals surface area (Å²) in [6, 6.07) is 16.2. The molecular formula is C21H22N4O. The van der Waals surface area contributed by atoms with Gasteiger partial charge in [-0.2, -0.15) is 0 Å². The molecule has 26 heavy (non-hydrogen) atoms. The number of hydrogen-bond donors (Lipinski definition) is 1. The summed E-state index contributed by atoms with van der Waals surface area (Å²) in [4.78, 5) is 4.90. The van der Waals surface area contributed by atoms with Crippen LogP contribution in [-0.2, 0) is 6.42 Å². The number of hydrogen-bond acceptors (Lipinski definition) is 4. The van der Waals surface area contributed by atoms with Crippen LogP contribution in [0.15, 0.2) is 54.7 Å². The van der Waals surface area contributed by atoms with Crippen LogP contribution in [-0.4, -0.2) is 30.8 Å². The predicted octanol–water partition coefficient (Wildman–Crippen LogP) is 4.04. The fourth-order valence-electron chi connectivity index (χ4n) is 3.28. The molecule has 4 rings (SSSR count). The van der Waals surface area contributed by atoms with Gasteiger partial charge < -0.3 is 5.11 Å². The van der Waals surface area contributed by atoms with Gasteiger partial charge in [-0.25, -0.2) is 4.98 Å². The Hall–Kier alpha value is -2.79. The van der Waals surface area contributed by atoms with Crippen LogP contribution in [0.3, 0.4) is 0 Å². The minimum absolute atomic E-state index is 0.212. The molecule has 5 heteroatoms. The molecule has 0 saturated heterocycles. The summed E-state index contributed by atoms with van der Waals surface area (Å²) in [5.74, 6) is 0.749. The van der Waals surface area contributed by atoms with E-state index >= 15 is 0 Å². The number of aryl methyl sites for hydroxylation is 1. The second-order valence-corrected chi connectivity index (χ2v) is 6.59. The van der Waals surface area contributed by atoms with Crippen LogP contribution >= 0.6 is 0 Å². The van der Waals surface area contributed by atoms with E-state index in [1.165, 1.54) is 5.56 Å². The highest BCUT2D eigenvalue weighted by Crippen LogP contribution is 2.24. The van der Waals surface area contributed by atoms with Gasteiger partial charge >= 0.3 is 0 Å². The Labute approximate surface area is 152 Å². The molecule has 0 spiro atoms. The molecule has 0 fully saturated rings. The van der Waals surface area contributed by atoms with Crippen molar-refractivity contribution >= 4 is 16.6 Å². The summed E-state index contributed by atoms with van der Waals surface area (Å²) in [5, 5.41) is 19.4. The van der Waals surface area contributed by atoms with Gasteiger partial charge in [0.2, 0.25) is 0 Å². The lowest BCUT2D eigenvalue weighted by Gasteiger charge is -2.09. The van der Waals surface area contributed by atoms with Gasteiger partial charge in [-0.3, -0.25) is 4.40 Å². The summed E-state index contributed by atoms with van der Waals surface area (Å²) in [7, 11) is 0. The lowest BCUT2D eigenvalue weighted by atomic mass is 10.0. The molecule has 0 bridgehead atoms. The van der Waals surface area contributed by atoms with E-state index in [0.717, 1.165) is 53.8 Å². The molecule has 3 heterocycles. The number of rotatable bonds is 6. The van der Waals surface area contributed by atoms with Crippen molar-refractivity contribution in [1.82, 2.24) is 19.6 Å². The first kappa shape index (κ1) is 16.7. The van der Waals surface area contributed by atoms with E-state index in [2.05, 4.69) is 34.5 Å². The SMILES string of the molecule is CCC(O)CCCc1cccc2ccc(-c3nnc4ccccn34)nc12. The minimum atomic E-state index is -0.212. The lowest BCUT2D eigenvalue weighted by Crippen LogP contribution is -2.04. The molecule has 4 aromatic rings. The highest BCUT2D eigenvalue weighted by atomic mass is 16.3. The predicted molar refractivity (Wildman–Crippen MR) is 103 cm³/mol. The zero-order valence-corrected chi connectivity index (χ0v) is 14.8. The Morgan fingerprint density at radius 3 is 2.85 bits per heavy atom. The van der Waals surface area contributed by atoms with Crippen LogP contribution in [0.5, 0.6) is 0 Å². The van der Waals surface area contributed by atoms with E-state index in [1.807, 2.05) is 41.8 Å². The normalized spacial score (nSPS) is 12.7. The van der Waals surface area contributed by atoms with E-state index in [9.17, 15) is 5.11 Å². The van der Waals surface area contributed by atoms with E-state index in [-0.39, 0.29) is 6.10 Å². The molecule has 0 saturated carbocycles. The standard InChI is InChI=1S/C21H22N4O/c1-2-17(26)10-6-9-15-7-5-8-16-12-13-18(22-20(15)16)21-24-23-19-11-3-4-14-25(19)21/h3-5,7-8,11-14,17,26H,2,6,9-10H2,1H3. The maximum atomic E-state index is 9.79. The number of benzene rings is 1. The van der Waals surface area contributed by atoms with Crippen molar-refractivity contribution in [3.05, 3.63) is 60.3 Å². The first-order valence-electron chi connectivity index (χ1n) is 9.13. The number of aromatic nitrogens is 4. The van der Waals surface area contributed by atoms with Crippen LogP contribution in [0.2, 0.25) is 0 Å². The molecule has 1 atom stereocenters. The van der Waals surface area contributed by atoms with Gasteiger partial charge in [-0.1, -0.05) is 37.3 Å². The van der Waals surface area contributed by atoms with Crippen molar-refractivity contribution in [2.75, 3.05) is 0 Å². The number of nitrogens with zero attached hydrogens (tertiary/aromatic N) is 4. The average molecular weight is 346 g/mol. The Morgan fingerprint density at radius 1 is 1.04 bits per heavy atom. The third-order valence-corrected chi connectivity index (χ3v) is 4.80. The van der Waals surface area contributed by atoms with Gasteiger partial charge in [0.15, 0.2) is 11.5 Å². The van der Waals surface area contributed by atoms with Crippen LogP contribution in [0, 0.1) is 0 Å². The van der Waals surface area contributed by atoms with Gasteiger partial charge in [0, 0.05) is 11.6 Å². The van der Waals surface area contributed by atoms with E-state index < -0.39 is 0 Å². The van der Waals surface area contributed by atoms with Gasteiger partial charge in [0.25, 0.3) is 0 Å². The van der Waals surface area contributed by atoms with Crippen molar-refractivity contribution in [2.45, 2.75) is 38.7 Å². The monoisotopic (exact) mass is 346 g/mol. The number of aliphatic hydroxyl groups is 1. The van der Waals surface area contributed by atoms with E-state index in [0.29, 0.717) is 0 Å². The van der Waals surface area contributed by atoms with Crippen molar-refractivity contribution in [3.8, 4) is 11.5 Å². The van der Waals surface area contributed by atoms with Crippen molar-refractivity contribution in [3.63, 3.8) is 0 Å². The quantitative estimate of drug-likeness (QED) is 0.572. The van der Waals surface area contributed by atoms with Crippen LogP contribution in [0.1, 0.15) is 31.7 Å². The molecule has 1 unspecified atom stereocenters. The first-order chi connectivity index (χ1) is 12.8. The molecule has 5 nitrogen and oxygen atoms in total. The maximum Gasteiger partial charge on any atom is 0.187 e. The molecule has 132 valence electrons. The highest BCUT2D eigenvalue weighted by Gasteiger charge is 2.11. The second-order valence-electron chi connectivity index (χ2n) is 6.59. The number of fused-ring (bicyclic) bond motifs is 2. The summed E-state index contributed by atoms with van der Waals surface area (Å²) in [5.41, 5.74) is 3.84. The Balaban J connectivity index is 1.71. The number of para-hydroxylation sites is 1. The molecule has 1 N–H and O–H groups in total. The molecule has 1 aromatic carbocycles. The van der Waals surface area contributed by atoms with Crippen molar-refractivity contribution in [1.29, 1.82) is 0 Å². The van der Waals surface area contributed by atoms with Gasteiger partial charge in [0.1, 0.15) is 5.69 Å². The fourth-order valence-corrected chi connectivity index (χ4v) is 3.28. The summed E-state index contributed by atoms with van der Waals surface area (Å²) in [6.45, 7) is 2.01. The molecular weight excluding hydrogens is 324 g/mol. The topological polar surface area (TPSA) is 63.3 Å². The Bertz CT molecular complexity index is 1040. The molecule has 0 radical (unpaired) electrons. The third kappa shape index (κ3) is 3.18. The summed E-state index contributed by atoms with van der Waals surface area (Å²) in [6.07, 6.45) is 5.23. The third-order valence-electron chi connectivity index (χ3n) is 4.80. The molecule has 0 aliphatic rings. The van der Waals surface area contributed by atoms with E-state index in [1.54, 1.807) is 0 Å². The van der Waals surface area contributed by atoms with E-state index in [4.69, 9.17) is 4.98 Å². The van der Waals surface area contributed by atoms with Crippen LogP contribution in [0.4, 0.5) is 0 Å². The van der Waals surface area contributed by atoms with Crippen LogP contribution < -0.4 is 0 Å². The maximum absolute atomic E-state index is 9.79. The molecule has 3 aromatic heterocycles. The smallest absolute Gasteiger partial charge is 0.187 e. The second kappa shape index (κ2) is 7.22. The van der Waals surface area contributed by atoms with Crippen molar-refractivity contribution < 1.29 is 5.11 Å². The van der Waals surface area contributed by atoms with Crippen molar-refractivity contribution in [2.24, 2.45) is 0 Å². The van der Waals surface area contributed by atoms with Gasteiger partial charge in [-0.15, -0.1) is 10.2 Å². The molecule has 0 amide bonds. The van der Waals surface area contributed by atoms with Gasteiger partial charge in [0.05, 0.1) is 11.6 Å². The first-order valence-corrected chi connectivity index (χ1v) is 9.13.